The van der Waals surface area contributed by atoms with E-state index in [4.69, 9.17) is 4.74 Å². The molecule has 0 bridgehead atoms. The Labute approximate surface area is 232 Å². The molecule has 3 rings (SSSR count). The molecule has 0 radical (unpaired) electrons. The van der Waals surface area contributed by atoms with Gasteiger partial charge in [-0.1, -0.05) is 49.9 Å². The van der Waals surface area contributed by atoms with E-state index in [1.807, 2.05) is 24.0 Å². The van der Waals surface area contributed by atoms with E-state index < -0.39 is 0 Å². The van der Waals surface area contributed by atoms with Crippen molar-refractivity contribution in [1.29, 1.82) is 0 Å². The van der Waals surface area contributed by atoms with Crippen molar-refractivity contribution in [2.24, 2.45) is 0 Å². The Hall–Kier alpha value is -3.13. The SMILES string of the molecule is CCCC[C@@H](C)N(CCCCCc1ccc(O)c2c1OCC(=O)N2)C(=O)CCNCCc1cc(C)ccc1F. The number of halogens is 1. The maximum atomic E-state index is 14.0. The molecule has 0 fully saturated rings. The Bertz CT molecular complexity index is 1110. The second-order valence-corrected chi connectivity index (χ2v) is 10.5. The molecule has 0 spiro atoms. The lowest BCUT2D eigenvalue weighted by Crippen LogP contribution is -2.40. The van der Waals surface area contributed by atoms with E-state index in [0.717, 1.165) is 62.6 Å². The average molecular weight is 542 g/mol. The molecule has 0 saturated heterocycles. The van der Waals surface area contributed by atoms with Crippen molar-refractivity contribution in [3.8, 4) is 11.5 Å². The van der Waals surface area contributed by atoms with Gasteiger partial charge in [0, 0.05) is 25.6 Å². The maximum absolute atomic E-state index is 14.0. The quantitative estimate of drug-likeness (QED) is 0.193. The number of aromatic hydroxyl groups is 1. The van der Waals surface area contributed by atoms with Gasteiger partial charge in [0.15, 0.2) is 12.4 Å². The number of nitrogens with zero attached hydrogens (tertiary/aromatic N) is 1. The van der Waals surface area contributed by atoms with Gasteiger partial charge in [-0.3, -0.25) is 9.59 Å². The van der Waals surface area contributed by atoms with Crippen molar-refractivity contribution < 1.29 is 23.8 Å². The predicted molar refractivity (Wildman–Crippen MR) is 153 cm³/mol. The highest BCUT2D eigenvalue weighted by atomic mass is 19.1. The van der Waals surface area contributed by atoms with E-state index in [0.29, 0.717) is 42.9 Å². The van der Waals surface area contributed by atoms with E-state index in [-0.39, 0.29) is 36.0 Å². The second-order valence-electron chi connectivity index (χ2n) is 10.5. The number of carbonyl (C=O) groups excluding carboxylic acids is 2. The number of hydrogen-bond acceptors (Lipinski definition) is 5. The molecule has 7 nitrogen and oxygen atoms in total. The zero-order chi connectivity index (χ0) is 28.2. The highest BCUT2D eigenvalue weighted by molar-refractivity contribution is 5.97. The number of anilines is 1. The number of benzene rings is 2. The molecule has 2 aromatic rings. The van der Waals surface area contributed by atoms with E-state index in [2.05, 4.69) is 24.5 Å². The summed E-state index contributed by atoms with van der Waals surface area (Å²) in [7, 11) is 0. The van der Waals surface area contributed by atoms with Gasteiger partial charge in [0.1, 0.15) is 17.3 Å². The topological polar surface area (TPSA) is 90.9 Å². The van der Waals surface area contributed by atoms with Gasteiger partial charge in [0.25, 0.3) is 5.91 Å². The van der Waals surface area contributed by atoms with Crippen LogP contribution in [0.1, 0.15) is 75.5 Å². The lowest BCUT2D eigenvalue weighted by molar-refractivity contribution is -0.133. The van der Waals surface area contributed by atoms with Gasteiger partial charge in [-0.25, -0.2) is 4.39 Å². The van der Waals surface area contributed by atoms with Crippen molar-refractivity contribution in [2.75, 3.05) is 31.6 Å². The third-order valence-corrected chi connectivity index (χ3v) is 7.29. The fraction of sp³-hybridized carbons (Fsp3) is 0.548. The van der Waals surface area contributed by atoms with Crippen LogP contribution in [0.15, 0.2) is 30.3 Å². The van der Waals surface area contributed by atoms with E-state index in [9.17, 15) is 19.1 Å². The van der Waals surface area contributed by atoms with Crippen LogP contribution in [-0.4, -0.2) is 54.1 Å². The first-order chi connectivity index (χ1) is 18.8. The summed E-state index contributed by atoms with van der Waals surface area (Å²) in [6, 6.07) is 8.78. The van der Waals surface area contributed by atoms with Crippen molar-refractivity contribution in [2.45, 2.75) is 84.6 Å². The van der Waals surface area contributed by atoms with Gasteiger partial charge < -0.3 is 25.4 Å². The number of phenols is 1. The molecule has 3 N–H and O–H groups in total. The van der Waals surface area contributed by atoms with Crippen molar-refractivity contribution in [3.63, 3.8) is 0 Å². The summed E-state index contributed by atoms with van der Waals surface area (Å²) in [4.78, 5) is 26.8. The number of aryl methyl sites for hydroxylation is 2. The standard InChI is InChI=1S/C31H44FN3O4/c1-4-5-9-23(3)35(29(38)16-18-33-17-15-25-20-22(2)11-13-26(25)32)19-8-6-7-10-24-12-14-27(36)30-31(24)39-21-28(37)34-30/h11-14,20,23,33,36H,4-10,15-19,21H2,1-3H3,(H,34,37)/t23-/m1/s1. The molecule has 1 aliphatic heterocycles. The Morgan fingerprint density at radius 2 is 1.95 bits per heavy atom. The van der Waals surface area contributed by atoms with Crippen LogP contribution in [0.5, 0.6) is 11.5 Å². The Morgan fingerprint density at radius 3 is 2.74 bits per heavy atom. The molecule has 1 heterocycles. The molecule has 1 atom stereocenters. The minimum Gasteiger partial charge on any atom is -0.506 e. The van der Waals surface area contributed by atoms with Crippen LogP contribution in [0.4, 0.5) is 10.1 Å². The number of nitrogens with one attached hydrogen (secondary N) is 2. The molecule has 2 amide bonds. The maximum Gasteiger partial charge on any atom is 0.262 e. The molecular formula is C31H44FN3O4. The molecule has 0 aromatic heterocycles. The summed E-state index contributed by atoms with van der Waals surface area (Å²) in [5, 5.41) is 16.0. The summed E-state index contributed by atoms with van der Waals surface area (Å²) < 4.78 is 19.5. The predicted octanol–water partition coefficient (Wildman–Crippen LogP) is 5.51. The number of unbranched alkanes of at least 4 members (excludes halogenated alkanes) is 3. The van der Waals surface area contributed by atoms with E-state index in [1.165, 1.54) is 6.07 Å². The number of carbonyl (C=O) groups is 2. The summed E-state index contributed by atoms with van der Waals surface area (Å²) in [6.07, 6.45) is 7.74. The van der Waals surface area contributed by atoms with Gasteiger partial charge in [-0.15, -0.1) is 0 Å². The highest BCUT2D eigenvalue weighted by Crippen LogP contribution is 2.39. The molecule has 0 saturated carbocycles. The molecule has 39 heavy (non-hydrogen) atoms. The molecule has 0 unspecified atom stereocenters. The second kappa shape index (κ2) is 15.5. The first-order valence-electron chi connectivity index (χ1n) is 14.3. The largest absolute Gasteiger partial charge is 0.506 e. The summed E-state index contributed by atoms with van der Waals surface area (Å²) in [6.45, 7) is 8.14. The van der Waals surface area contributed by atoms with Crippen LogP contribution in [-0.2, 0) is 22.4 Å². The summed E-state index contributed by atoms with van der Waals surface area (Å²) in [5.74, 6) is 0.266. The lowest BCUT2D eigenvalue weighted by atomic mass is 10.0. The number of amides is 2. The van der Waals surface area contributed by atoms with Crippen molar-refractivity contribution in [3.05, 3.63) is 52.8 Å². The average Bonchev–Trinajstić information content (AvgIpc) is 2.92. The van der Waals surface area contributed by atoms with Crippen LogP contribution in [0.3, 0.4) is 0 Å². The summed E-state index contributed by atoms with van der Waals surface area (Å²) >= 11 is 0. The fourth-order valence-electron chi connectivity index (χ4n) is 5.01. The molecule has 0 aliphatic carbocycles. The van der Waals surface area contributed by atoms with Crippen LogP contribution < -0.4 is 15.4 Å². The molecule has 214 valence electrons. The zero-order valence-electron chi connectivity index (χ0n) is 23.7. The minimum atomic E-state index is -0.271. The Kier molecular flexibility index (Phi) is 12.1. The van der Waals surface area contributed by atoms with Crippen molar-refractivity contribution in [1.82, 2.24) is 10.2 Å². The molecule has 8 heteroatoms. The number of ether oxygens (including phenoxy) is 1. The number of phenolic OH excluding ortho intramolecular Hbond substituents is 1. The first-order valence-corrected chi connectivity index (χ1v) is 14.3. The molecule has 1 aliphatic rings. The minimum absolute atomic E-state index is 0.00818. The van der Waals surface area contributed by atoms with Gasteiger partial charge >= 0.3 is 0 Å². The number of rotatable bonds is 16. The van der Waals surface area contributed by atoms with Crippen LogP contribution >= 0.6 is 0 Å². The van der Waals surface area contributed by atoms with E-state index >= 15 is 0 Å². The fourth-order valence-corrected chi connectivity index (χ4v) is 5.01. The third kappa shape index (κ3) is 9.24. The number of fused-ring (bicyclic) bond motifs is 1. The normalized spacial score (nSPS) is 13.4. The van der Waals surface area contributed by atoms with Gasteiger partial charge in [0.05, 0.1) is 0 Å². The van der Waals surface area contributed by atoms with Crippen LogP contribution in [0.2, 0.25) is 0 Å². The van der Waals surface area contributed by atoms with Crippen molar-refractivity contribution >= 4 is 17.5 Å². The highest BCUT2D eigenvalue weighted by Gasteiger charge is 2.23. The molecule has 2 aromatic carbocycles. The van der Waals surface area contributed by atoms with Crippen LogP contribution in [0, 0.1) is 12.7 Å². The van der Waals surface area contributed by atoms with Gasteiger partial charge in [0.2, 0.25) is 5.91 Å². The number of hydrogen-bond donors (Lipinski definition) is 3. The summed E-state index contributed by atoms with van der Waals surface area (Å²) in [5.41, 5.74) is 3.06. The molecular weight excluding hydrogens is 497 g/mol. The van der Waals surface area contributed by atoms with Crippen LogP contribution in [0.25, 0.3) is 0 Å². The first kappa shape index (κ1) is 30.4. The van der Waals surface area contributed by atoms with Gasteiger partial charge in [-0.05, 0) is 75.8 Å². The van der Waals surface area contributed by atoms with Gasteiger partial charge in [-0.2, -0.15) is 0 Å². The zero-order valence-corrected chi connectivity index (χ0v) is 23.7. The lowest BCUT2D eigenvalue weighted by Gasteiger charge is -2.30. The van der Waals surface area contributed by atoms with E-state index in [1.54, 1.807) is 12.1 Å². The smallest absolute Gasteiger partial charge is 0.262 e. The monoisotopic (exact) mass is 541 g/mol. The Balaban J connectivity index is 1.44. The third-order valence-electron chi connectivity index (χ3n) is 7.29. The Morgan fingerprint density at radius 1 is 1.13 bits per heavy atom.